The lowest BCUT2D eigenvalue weighted by Gasteiger charge is -2.05. The highest BCUT2D eigenvalue weighted by atomic mass is 35.5. The van der Waals surface area contributed by atoms with E-state index in [9.17, 15) is 8.42 Å². The van der Waals surface area contributed by atoms with E-state index in [1.807, 2.05) is 0 Å². The summed E-state index contributed by atoms with van der Waals surface area (Å²) in [5, 5.41) is 3.78. The molecule has 0 unspecified atom stereocenters. The molecular formula is C9H11ClN4O2S. The van der Waals surface area contributed by atoms with Crippen LogP contribution in [-0.4, -0.2) is 21.5 Å². The molecule has 17 heavy (non-hydrogen) atoms. The predicted molar refractivity (Wildman–Crippen MR) is 65.3 cm³/mol. The Morgan fingerprint density at radius 2 is 2.00 bits per heavy atom. The lowest BCUT2D eigenvalue weighted by Crippen LogP contribution is -2.25. The third-order valence-corrected chi connectivity index (χ3v) is 3.64. The van der Waals surface area contributed by atoms with Crippen LogP contribution in [0.4, 0.5) is 0 Å². The molecule has 0 heterocycles. The van der Waals surface area contributed by atoms with Crippen LogP contribution in [0.25, 0.3) is 10.4 Å². The van der Waals surface area contributed by atoms with E-state index >= 15 is 0 Å². The molecule has 6 nitrogen and oxygen atoms in total. The van der Waals surface area contributed by atoms with E-state index in [1.165, 1.54) is 24.3 Å². The average molecular weight is 275 g/mol. The standard InChI is InChI=1S/C9H11ClN4O2S/c10-8-2-4-9(5-3-8)17(15,16)13-7-1-6-12-14-11/h2-5,13H,1,6-7H2. The van der Waals surface area contributed by atoms with E-state index in [0.29, 0.717) is 11.4 Å². The second-order valence-electron chi connectivity index (χ2n) is 3.16. The van der Waals surface area contributed by atoms with E-state index in [2.05, 4.69) is 14.7 Å². The van der Waals surface area contributed by atoms with E-state index in [0.717, 1.165) is 0 Å². The highest BCUT2D eigenvalue weighted by Crippen LogP contribution is 2.13. The van der Waals surface area contributed by atoms with Crippen molar-refractivity contribution in [3.05, 3.63) is 39.7 Å². The number of benzene rings is 1. The van der Waals surface area contributed by atoms with Crippen molar-refractivity contribution in [2.75, 3.05) is 13.1 Å². The van der Waals surface area contributed by atoms with Crippen LogP contribution in [0.5, 0.6) is 0 Å². The Labute approximate surface area is 104 Å². The molecular weight excluding hydrogens is 264 g/mol. The molecule has 0 aromatic heterocycles. The molecule has 8 heteroatoms. The van der Waals surface area contributed by atoms with Crippen LogP contribution < -0.4 is 4.72 Å². The predicted octanol–water partition coefficient (Wildman–Crippen LogP) is 2.32. The van der Waals surface area contributed by atoms with Gasteiger partial charge in [-0.25, -0.2) is 13.1 Å². The average Bonchev–Trinajstić information content (AvgIpc) is 2.29. The minimum atomic E-state index is -3.51. The summed E-state index contributed by atoms with van der Waals surface area (Å²) >= 11 is 5.66. The molecule has 1 rings (SSSR count). The van der Waals surface area contributed by atoms with Crippen molar-refractivity contribution in [3.8, 4) is 0 Å². The van der Waals surface area contributed by atoms with Crippen LogP contribution in [0.1, 0.15) is 6.42 Å². The highest BCUT2D eigenvalue weighted by Gasteiger charge is 2.12. The van der Waals surface area contributed by atoms with Gasteiger partial charge in [0.05, 0.1) is 4.90 Å². The van der Waals surface area contributed by atoms with E-state index in [4.69, 9.17) is 17.1 Å². The van der Waals surface area contributed by atoms with Gasteiger partial charge >= 0.3 is 0 Å². The first-order chi connectivity index (χ1) is 8.06. The Kier molecular flexibility index (Phi) is 5.24. The van der Waals surface area contributed by atoms with Gasteiger partial charge in [-0.15, -0.1) is 0 Å². The number of azide groups is 1. The molecule has 0 radical (unpaired) electrons. The Morgan fingerprint density at radius 1 is 1.35 bits per heavy atom. The van der Waals surface area contributed by atoms with Gasteiger partial charge in [0.25, 0.3) is 0 Å². The maximum atomic E-state index is 11.7. The van der Waals surface area contributed by atoms with E-state index in [-0.39, 0.29) is 18.0 Å². The zero-order valence-electron chi connectivity index (χ0n) is 8.88. The largest absolute Gasteiger partial charge is 0.240 e. The van der Waals surface area contributed by atoms with Crippen LogP contribution in [0.15, 0.2) is 34.3 Å². The van der Waals surface area contributed by atoms with Crippen LogP contribution in [-0.2, 0) is 10.0 Å². The number of sulfonamides is 1. The molecule has 0 amide bonds. The van der Waals surface area contributed by atoms with Crippen LogP contribution in [0.2, 0.25) is 5.02 Å². The van der Waals surface area contributed by atoms with Crippen molar-refractivity contribution in [1.29, 1.82) is 0 Å². The lowest BCUT2D eigenvalue weighted by molar-refractivity contribution is 0.579. The molecule has 0 saturated carbocycles. The summed E-state index contributed by atoms with van der Waals surface area (Å²) in [6.07, 6.45) is 0.455. The van der Waals surface area contributed by atoms with Crippen LogP contribution >= 0.6 is 11.6 Å². The van der Waals surface area contributed by atoms with Gasteiger partial charge in [-0.05, 0) is 36.2 Å². The summed E-state index contributed by atoms with van der Waals surface area (Å²) in [5.41, 5.74) is 8.04. The van der Waals surface area contributed by atoms with Gasteiger partial charge in [0.2, 0.25) is 10.0 Å². The van der Waals surface area contributed by atoms with E-state index < -0.39 is 10.0 Å². The smallest absolute Gasteiger partial charge is 0.211 e. The first-order valence-corrected chi connectivity index (χ1v) is 6.68. The van der Waals surface area contributed by atoms with E-state index in [1.54, 1.807) is 0 Å². The van der Waals surface area contributed by atoms with Crippen molar-refractivity contribution >= 4 is 21.6 Å². The number of rotatable bonds is 6. The van der Waals surface area contributed by atoms with Gasteiger partial charge in [0.15, 0.2) is 0 Å². The zero-order chi connectivity index (χ0) is 12.7. The number of hydrogen-bond acceptors (Lipinski definition) is 3. The Bertz CT molecular complexity index is 508. The quantitative estimate of drug-likeness (QED) is 0.373. The fourth-order valence-electron chi connectivity index (χ4n) is 1.10. The van der Waals surface area contributed by atoms with Crippen LogP contribution in [0.3, 0.4) is 0 Å². The molecule has 1 N–H and O–H groups in total. The first-order valence-electron chi connectivity index (χ1n) is 4.82. The second-order valence-corrected chi connectivity index (χ2v) is 5.36. The number of hydrogen-bond donors (Lipinski definition) is 1. The van der Waals surface area contributed by atoms with Crippen molar-refractivity contribution in [2.45, 2.75) is 11.3 Å². The molecule has 0 fully saturated rings. The maximum absolute atomic E-state index is 11.7. The van der Waals surface area contributed by atoms with Gasteiger partial charge in [-0.1, -0.05) is 16.7 Å². The molecule has 0 aliphatic carbocycles. The van der Waals surface area contributed by atoms with Crippen molar-refractivity contribution < 1.29 is 8.42 Å². The summed E-state index contributed by atoms with van der Waals surface area (Å²) in [5.74, 6) is 0. The molecule has 0 saturated heterocycles. The Balaban J connectivity index is 2.57. The first kappa shape index (κ1) is 13.8. The Hall–Kier alpha value is -1.27. The van der Waals surface area contributed by atoms with Gasteiger partial charge in [-0.3, -0.25) is 0 Å². The molecule has 0 spiro atoms. The van der Waals surface area contributed by atoms with Gasteiger partial charge < -0.3 is 0 Å². The highest BCUT2D eigenvalue weighted by molar-refractivity contribution is 7.89. The number of halogens is 1. The van der Waals surface area contributed by atoms with Gasteiger partial charge in [-0.2, -0.15) is 0 Å². The fourth-order valence-corrected chi connectivity index (χ4v) is 2.30. The summed E-state index contributed by atoms with van der Waals surface area (Å²) in [6, 6.07) is 5.88. The Morgan fingerprint density at radius 3 is 2.59 bits per heavy atom. The third kappa shape index (κ3) is 4.62. The van der Waals surface area contributed by atoms with Crippen molar-refractivity contribution in [2.24, 2.45) is 5.11 Å². The topological polar surface area (TPSA) is 94.9 Å². The molecule has 92 valence electrons. The lowest BCUT2D eigenvalue weighted by atomic mass is 10.4. The summed E-state index contributed by atoms with van der Waals surface area (Å²) in [6.45, 7) is 0.490. The number of nitrogens with zero attached hydrogens (tertiary/aromatic N) is 3. The van der Waals surface area contributed by atoms with Gasteiger partial charge in [0, 0.05) is 23.0 Å². The SMILES string of the molecule is [N-]=[N+]=NCCCNS(=O)(=O)c1ccc(Cl)cc1. The summed E-state index contributed by atoms with van der Waals surface area (Å²) in [4.78, 5) is 2.73. The maximum Gasteiger partial charge on any atom is 0.240 e. The van der Waals surface area contributed by atoms with Crippen LogP contribution in [0, 0.1) is 0 Å². The summed E-state index contributed by atoms with van der Waals surface area (Å²) < 4.78 is 25.8. The number of nitrogens with one attached hydrogen (secondary N) is 1. The zero-order valence-corrected chi connectivity index (χ0v) is 10.4. The van der Waals surface area contributed by atoms with Crippen molar-refractivity contribution in [1.82, 2.24) is 4.72 Å². The van der Waals surface area contributed by atoms with Gasteiger partial charge in [0.1, 0.15) is 0 Å². The van der Waals surface area contributed by atoms with Crippen molar-refractivity contribution in [3.63, 3.8) is 0 Å². The molecule has 0 atom stereocenters. The summed E-state index contributed by atoms with van der Waals surface area (Å²) in [7, 11) is -3.51. The molecule has 1 aromatic rings. The molecule has 0 aliphatic heterocycles. The third-order valence-electron chi connectivity index (χ3n) is 1.91. The molecule has 0 bridgehead atoms. The normalized spacial score (nSPS) is 10.9. The molecule has 1 aromatic carbocycles. The monoisotopic (exact) mass is 274 g/mol. The second kappa shape index (κ2) is 6.46. The minimum absolute atomic E-state index is 0.158. The molecule has 0 aliphatic rings. The minimum Gasteiger partial charge on any atom is -0.211 e. The fraction of sp³-hybridized carbons (Fsp3) is 0.333.